The number of rotatable bonds is 6. The minimum atomic E-state index is -0.625. The quantitative estimate of drug-likeness (QED) is 0.868. The van der Waals surface area contributed by atoms with E-state index in [1.807, 2.05) is 0 Å². The van der Waals surface area contributed by atoms with Crippen molar-refractivity contribution in [2.75, 3.05) is 13.1 Å². The summed E-state index contributed by atoms with van der Waals surface area (Å²) in [6, 6.07) is 3.59. The van der Waals surface area contributed by atoms with Crippen LogP contribution in [-0.4, -0.2) is 34.7 Å². The number of nitrogens with zero attached hydrogens (tertiary/aromatic N) is 1. The van der Waals surface area contributed by atoms with Gasteiger partial charge in [0.05, 0.1) is 6.10 Å². The molecule has 4 heteroatoms. The second kappa shape index (κ2) is 6.84. The lowest BCUT2D eigenvalue weighted by Crippen LogP contribution is -2.55. The highest BCUT2D eigenvalue weighted by Gasteiger charge is 2.44. The first-order chi connectivity index (χ1) is 10.0. The summed E-state index contributed by atoms with van der Waals surface area (Å²) in [5.41, 5.74) is 0.131. The lowest BCUT2D eigenvalue weighted by molar-refractivity contribution is -0.0248. The van der Waals surface area contributed by atoms with Gasteiger partial charge >= 0.3 is 0 Å². The molecule has 1 saturated carbocycles. The van der Waals surface area contributed by atoms with Gasteiger partial charge in [0.15, 0.2) is 0 Å². The first kappa shape index (κ1) is 16.4. The van der Waals surface area contributed by atoms with E-state index in [-0.39, 0.29) is 12.0 Å². The van der Waals surface area contributed by atoms with E-state index in [0.29, 0.717) is 5.56 Å². The Labute approximate surface area is 125 Å². The Morgan fingerprint density at radius 1 is 1.19 bits per heavy atom. The van der Waals surface area contributed by atoms with Crippen molar-refractivity contribution in [2.45, 2.75) is 57.6 Å². The molecule has 0 radical (unpaired) electrons. The van der Waals surface area contributed by atoms with Gasteiger partial charge < -0.3 is 5.11 Å². The highest BCUT2D eigenvalue weighted by molar-refractivity contribution is 5.20. The van der Waals surface area contributed by atoms with Crippen LogP contribution in [0, 0.1) is 11.6 Å². The van der Waals surface area contributed by atoms with E-state index < -0.39 is 17.7 Å². The Morgan fingerprint density at radius 2 is 1.81 bits per heavy atom. The number of aliphatic hydroxyl groups excluding tert-OH is 1. The van der Waals surface area contributed by atoms with Gasteiger partial charge in [-0.25, -0.2) is 8.78 Å². The fourth-order valence-corrected chi connectivity index (χ4v) is 3.79. The van der Waals surface area contributed by atoms with E-state index in [9.17, 15) is 13.9 Å². The van der Waals surface area contributed by atoms with Gasteiger partial charge in [0.25, 0.3) is 0 Å². The number of halogens is 2. The second-order valence-electron chi connectivity index (χ2n) is 5.94. The number of aliphatic hydroxyl groups is 1. The molecule has 0 bridgehead atoms. The summed E-state index contributed by atoms with van der Waals surface area (Å²) in [5.74, 6) is -1.15. The first-order valence-corrected chi connectivity index (χ1v) is 7.90. The van der Waals surface area contributed by atoms with Crippen molar-refractivity contribution in [3.63, 3.8) is 0 Å². The minimum absolute atomic E-state index is 0.239. The van der Waals surface area contributed by atoms with Crippen LogP contribution in [0.5, 0.6) is 0 Å². The molecule has 21 heavy (non-hydrogen) atoms. The lowest BCUT2D eigenvalue weighted by Gasteiger charge is -2.44. The van der Waals surface area contributed by atoms with Gasteiger partial charge in [-0.05, 0) is 37.6 Å². The molecule has 0 heterocycles. The minimum Gasteiger partial charge on any atom is -0.391 e. The van der Waals surface area contributed by atoms with E-state index in [0.717, 1.165) is 44.8 Å². The van der Waals surface area contributed by atoms with Gasteiger partial charge in [0.1, 0.15) is 11.6 Å². The number of likely N-dealkylation sites (N-methyl/N-ethyl adjacent to an activating group) is 1. The molecule has 1 unspecified atom stereocenters. The Kier molecular flexibility index (Phi) is 5.33. The Balaban J connectivity index is 2.21. The van der Waals surface area contributed by atoms with Crippen LogP contribution in [0.3, 0.4) is 0 Å². The van der Waals surface area contributed by atoms with E-state index in [1.54, 1.807) is 0 Å². The third kappa shape index (κ3) is 3.27. The summed E-state index contributed by atoms with van der Waals surface area (Å²) < 4.78 is 26.8. The highest BCUT2D eigenvalue weighted by Crippen LogP contribution is 2.39. The Bertz CT molecular complexity index is 468. The standard InChI is InChI=1S/C17H25F2NO/c1-3-20(4-2)17(9-5-6-10-17)16(21)11-13-7-8-14(18)12-15(13)19/h7-8,12,16,21H,3-6,9-11H2,1-2H3. The fraction of sp³-hybridized carbons (Fsp3) is 0.647. The first-order valence-electron chi connectivity index (χ1n) is 7.90. The van der Waals surface area contributed by atoms with E-state index >= 15 is 0 Å². The second-order valence-corrected chi connectivity index (χ2v) is 5.94. The van der Waals surface area contributed by atoms with Crippen LogP contribution < -0.4 is 0 Å². The maximum Gasteiger partial charge on any atom is 0.129 e. The molecule has 118 valence electrons. The zero-order valence-corrected chi connectivity index (χ0v) is 12.9. The molecule has 0 aliphatic heterocycles. The molecule has 2 nitrogen and oxygen atoms in total. The maximum atomic E-state index is 13.8. The molecule has 1 N–H and O–H groups in total. The molecule has 0 aromatic heterocycles. The van der Waals surface area contributed by atoms with Crippen molar-refractivity contribution in [3.05, 3.63) is 35.4 Å². The molecule has 2 rings (SSSR count). The highest BCUT2D eigenvalue weighted by atomic mass is 19.1. The normalized spacial score (nSPS) is 19.1. The van der Waals surface area contributed by atoms with Crippen molar-refractivity contribution in [3.8, 4) is 0 Å². The van der Waals surface area contributed by atoms with Gasteiger partial charge in [-0.15, -0.1) is 0 Å². The van der Waals surface area contributed by atoms with Crippen molar-refractivity contribution in [2.24, 2.45) is 0 Å². The third-order valence-corrected chi connectivity index (χ3v) is 4.91. The van der Waals surface area contributed by atoms with Crippen LogP contribution in [0.25, 0.3) is 0 Å². The number of hydrogen-bond acceptors (Lipinski definition) is 2. The van der Waals surface area contributed by atoms with Crippen LogP contribution >= 0.6 is 0 Å². The number of benzene rings is 1. The largest absolute Gasteiger partial charge is 0.391 e. The predicted octanol–water partition coefficient (Wildman–Crippen LogP) is 3.52. The molecular weight excluding hydrogens is 272 g/mol. The Hall–Kier alpha value is -1.00. The molecule has 0 amide bonds. The zero-order chi connectivity index (χ0) is 15.5. The summed E-state index contributed by atoms with van der Waals surface area (Å²) in [6.45, 7) is 5.93. The molecule has 0 spiro atoms. The molecule has 1 aromatic carbocycles. The van der Waals surface area contributed by atoms with E-state index in [1.165, 1.54) is 12.1 Å². The van der Waals surface area contributed by atoms with Gasteiger partial charge in [-0.2, -0.15) is 0 Å². The molecule has 1 atom stereocenters. The summed E-state index contributed by atoms with van der Waals surface area (Å²) in [7, 11) is 0. The van der Waals surface area contributed by atoms with E-state index in [2.05, 4.69) is 18.7 Å². The zero-order valence-electron chi connectivity index (χ0n) is 12.9. The van der Waals surface area contributed by atoms with Crippen molar-refractivity contribution in [1.29, 1.82) is 0 Å². The monoisotopic (exact) mass is 297 g/mol. The molecule has 0 saturated heterocycles. The van der Waals surface area contributed by atoms with Crippen molar-refractivity contribution >= 4 is 0 Å². The van der Waals surface area contributed by atoms with Gasteiger partial charge in [-0.3, -0.25) is 4.90 Å². The number of hydrogen-bond donors (Lipinski definition) is 1. The molecular formula is C17H25F2NO. The topological polar surface area (TPSA) is 23.5 Å². The average molecular weight is 297 g/mol. The fourth-order valence-electron chi connectivity index (χ4n) is 3.79. The average Bonchev–Trinajstić information content (AvgIpc) is 2.94. The summed E-state index contributed by atoms with van der Waals surface area (Å²) in [5, 5.41) is 10.8. The van der Waals surface area contributed by atoms with Crippen LogP contribution in [0.4, 0.5) is 8.78 Å². The van der Waals surface area contributed by atoms with Crippen LogP contribution in [0.1, 0.15) is 45.1 Å². The molecule has 1 aromatic rings. The Morgan fingerprint density at radius 3 is 2.33 bits per heavy atom. The van der Waals surface area contributed by atoms with Crippen LogP contribution in [0.2, 0.25) is 0 Å². The van der Waals surface area contributed by atoms with Crippen molar-refractivity contribution in [1.82, 2.24) is 4.90 Å². The predicted molar refractivity (Wildman–Crippen MR) is 80.2 cm³/mol. The van der Waals surface area contributed by atoms with Gasteiger partial charge in [0.2, 0.25) is 0 Å². The molecule has 1 fully saturated rings. The maximum absolute atomic E-state index is 13.8. The van der Waals surface area contributed by atoms with E-state index in [4.69, 9.17) is 0 Å². The smallest absolute Gasteiger partial charge is 0.129 e. The third-order valence-electron chi connectivity index (χ3n) is 4.91. The lowest BCUT2D eigenvalue weighted by atomic mass is 9.84. The molecule has 1 aliphatic carbocycles. The summed E-state index contributed by atoms with van der Waals surface area (Å²) in [6.07, 6.45) is 3.69. The van der Waals surface area contributed by atoms with Crippen LogP contribution in [-0.2, 0) is 6.42 Å². The SMILES string of the molecule is CCN(CC)C1(C(O)Cc2ccc(F)cc2F)CCCC1. The van der Waals surface area contributed by atoms with Gasteiger partial charge in [0, 0.05) is 18.0 Å². The summed E-state index contributed by atoms with van der Waals surface area (Å²) in [4.78, 5) is 2.30. The summed E-state index contributed by atoms with van der Waals surface area (Å²) >= 11 is 0. The van der Waals surface area contributed by atoms with Gasteiger partial charge in [-0.1, -0.05) is 32.8 Å². The molecule has 1 aliphatic rings. The van der Waals surface area contributed by atoms with Crippen molar-refractivity contribution < 1.29 is 13.9 Å². The van der Waals surface area contributed by atoms with Crippen LogP contribution in [0.15, 0.2) is 18.2 Å².